The summed E-state index contributed by atoms with van der Waals surface area (Å²) in [5.41, 5.74) is 7.66. The van der Waals surface area contributed by atoms with Crippen LogP contribution >= 0.6 is 11.3 Å². The number of aryl methyl sites for hydroxylation is 1. The quantitative estimate of drug-likeness (QED) is 0.743. The van der Waals surface area contributed by atoms with E-state index in [2.05, 4.69) is 10.3 Å². The standard InChI is InChI=1S/C19H25N5O2S/c1-14-17(25)23(12-15-6-3-2-4-7-15)10-11-24(14)19(26)21-9-5-8-16-13-27-18(20)22-16/h2-4,6-7,13-14H,5,8-12H2,1H3,(H2,20,22)(H,21,26)/t14-/m1/s1. The van der Waals surface area contributed by atoms with Crippen LogP contribution in [0.1, 0.15) is 24.6 Å². The van der Waals surface area contributed by atoms with Crippen molar-refractivity contribution in [2.75, 3.05) is 25.4 Å². The van der Waals surface area contributed by atoms with Crippen molar-refractivity contribution in [3.05, 3.63) is 47.0 Å². The summed E-state index contributed by atoms with van der Waals surface area (Å²) in [5, 5.41) is 5.40. The third-order valence-electron chi connectivity index (χ3n) is 4.68. The number of hydrogen-bond acceptors (Lipinski definition) is 5. The van der Waals surface area contributed by atoms with Crippen molar-refractivity contribution in [3.8, 4) is 0 Å². The summed E-state index contributed by atoms with van der Waals surface area (Å²) in [4.78, 5) is 32.7. The highest BCUT2D eigenvalue weighted by atomic mass is 32.1. The lowest BCUT2D eigenvalue weighted by molar-refractivity contribution is -0.139. The van der Waals surface area contributed by atoms with E-state index in [1.54, 1.807) is 11.8 Å². The van der Waals surface area contributed by atoms with Crippen molar-refractivity contribution < 1.29 is 9.59 Å². The second-order valence-electron chi connectivity index (χ2n) is 6.63. The van der Waals surface area contributed by atoms with Crippen LogP contribution in [0, 0.1) is 0 Å². The van der Waals surface area contributed by atoms with Crippen molar-refractivity contribution >= 4 is 28.4 Å². The number of nitrogens with two attached hydrogens (primary N) is 1. The molecule has 144 valence electrons. The number of urea groups is 1. The Balaban J connectivity index is 1.45. The molecule has 3 N–H and O–H groups in total. The predicted octanol–water partition coefficient (Wildman–Crippen LogP) is 2.10. The number of amides is 3. The molecule has 1 aliphatic heterocycles. The fourth-order valence-electron chi connectivity index (χ4n) is 3.17. The maximum absolute atomic E-state index is 12.6. The van der Waals surface area contributed by atoms with Gasteiger partial charge in [0.25, 0.3) is 0 Å². The number of anilines is 1. The maximum atomic E-state index is 12.6. The van der Waals surface area contributed by atoms with Crippen LogP contribution in [0.2, 0.25) is 0 Å². The lowest BCUT2D eigenvalue weighted by Gasteiger charge is -2.39. The highest BCUT2D eigenvalue weighted by Crippen LogP contribution is 2.15. The van der Waals surface area contributed by atoms with Gasteiger partial charge in [0.2, 0.25) is 5.91 Å². The summed E-state index contributed by atoms with van der Waals surface area (Å²) in [5.74, 6) is -0.0156. The zero-order valence-corrected chi connectivity index (χ0v) is 16.2. The van der Waals surface area contributed by atoms with E-state index in [-0.39, 0.29) is 11.9 Å². The van der Waals surface area contributed by atoms with Gasteiger partial charge in [0.1, 0.15) is 6.04 Å². The average Bonchev–Trinajstić information content (AvgIpc) is 3.08. The molecule has 2 aromatic rings. The molecule has 7 nitrogen and oxygen atoms in total. The fourth-order valence-corrected chi connectivity index (χ4v) is 3.77. The molecule has 0 bridgehead atoms. The fraction of sp³-hybridized carbons (Fsp3) is 0.421. The van der Waals surface area contributed by atoms with Gasteiger partial charge in [-0.2, -0.15) is 0 Å². The minimum absolute atomic E-state index is 0.0156. The molecular weight excluding hydrogens is 362 g/mol. The number of hydrogen-bond donors (Lipinski definition) is 2. The summed E-state index contributed by atoms with van der Waals surface area (Å²) in [6.45, 7) is 3.99. The van der Waals surface area contributed by atoms with E-state index in [4.69, 9.17) is 5.73 Å². The Kier molecular flexibility index (Phi) is 6.28. The van der Waals surface area contributed by atoms with E-state index in [0.717, 1.165) is 24.1 Å². The highest BCUT2D eigenvalue weighted by molar-refractivity contribution is 7.13. The van der Waals surface area contributed by atoms with Crippen LogP contribution in [-0.2, 0) is 17.8 Å². The van der Waals surface area contributed by atoms with Crippen LogP contribution in [0.15, 0.2) is 35.7 Å². The van der Waals surface area contributed by atoms with E-state index in [1.807, 2.05) is 40.6 Å². The average molecular weight is 388 g/mol. The minimum Gasteiger partial charge on any atom is -0.375 e. The van der Waals surface area contributed by atoms with E-state index in [1.165, 1.54) is 11.3 Å². The molecule has 0 spiro atoms. The first kappa shape index (κ1) is 19.2. The Morgan fingerprint density at radius 1 is 1.33 bits per heavy atom. The summed E-state index contributed by atoms with van der Waals surface area (Å²) in [6, 6.07) is 9.26. The maximum Gasteiger partial charge on any atom is 0.318 e. The molecule has 0 aliphatic carbocycles. The van der Waals surface area contributed by atoms with Crippen LogP contribution in [0.5, 0.6) is 0 Å². The number of nitrogens with zero attached hydrogens (tertiary/aromatic N) is 3. The minimum atomic E-state index is -0.458. The van der Waals surface area contributed by atoms with Gasteiger partial charge in [-0.3, -0.25) is 4.79 Å². The van der Waals surface area contributed by atoms with E-state index >= 15 is 0 Å². The first-order valence-corrected chi connectivity index (χ1v) is 9.99. The molecular formula is C19H25N5O2S. The van der Waals surface area contributed by atoms with Crippen LogP contribution in [0.4, 0.5) is 9.93 Å². The third-order valence-corrected chi connectivity index (χ3v) is 5.40. The number of carbonyl (C=O) groups is 2. The number of benzene rings is 1. The Bertz CT molecular complexity index is 779. The summed E-state index contributed by atoms with van der Waals surface area (Å²) >= 11 is 1.42. The monoisotopic (exact) mass is 387 g/mol. The Morgan fingerprint density at radius 3 is 2.81 bits per heavy atom. The van der Waals surface area contributed by atoms with Gasteiger partial charge in [0, 0.05) is 31.6 Å². The second kappa shape index (κ2) is 8.85. The molecule has 1 fully saturated rings. The van der Waals surface area contributed by atoms with Crippen molar-refractivity contribution in [1.29, 1.82) is 0 Å². The number of rotatable bonds is 6. The van der Waals surface area contributed by atoms with Crippen LogP contribution in [0.25, 0.3) is 0 Å². The summed E-state index contributed by atoms with van der Waals surface area (Å²) in [7, 11) is 0. The number of thiazole rings is 1. The number of aromatic nitrogens is 1. The van der Waals surface area contributed by atoms with Gasteiger partial charge in [-0.1, -0.05) is 30.3 Å². The van der Waals surface area contributed by atoms with Crippen molar-refractivity contribution in [2.24, 2.45) is 0 Å². The normalized spacial score (nSPS) is 17.2. The van der Waals surface area contributed by atoms with Gasteiger partial charge in [-0.25, -0.2) is 9.78 Å². The van der Waals surface area contributed by atoms with Crippen LogP contribution < -0.4 is 11.1 Å². The first-order valence-electron chi connectivity index (χ1n) is 9.11. The molecule has 1 aromatic carbocycles. The van der Waals surface area contributed by atoms with E-state index in [0.29, 0.717) is 31.3 Å². The Labute approximate surface area is 163 Å². The molecule has 1 aliphatic rings. The molecule has 3 amide bonds. The number of nitrogens with one attached hydrogen (secondary N) is 1. The summed E-state index contributed by atoms with van der Waals surface area (Å²) in [6.07, 6.45) is 1.55. The van der Waals surface area contributed by atoms with Crippen molar-refractivity contribution in [2.45, 2.75) is 32.4 Å². The van der Waals surface area contributed by atoms with E-state index < -0.39 is 6.04 Å². The Morgan fingerprint density at radius 2 is 2.11 bits per heavy atom. The molecule has 2 heterocycles. The Hall–Kier alpha value is -2.61. The topological polar surface area (TPSA) is 91.6 Å². The van der Waals surface area contributed by atoms with Gasteiger partial charge in [0.15, 0.2) is 5.13 Å². The van der Waals surface area contributed by atoms with Gasteiger partial charge >= 0.3 is 6.03 Å². The molecule has 0 saturated carbocycles. The number of carbonyl (C=O) groups excluding carboxylic acids is 2. The van der Waals surface area contributed by atoms with Gasteiger partial charge in [0.05, 0.1) is 5.69 Å². The molecule has 3 rings (SSSR count). The van der Waals surface area contributed by atoms with Gasteiger partial charge in [-0.15, -0.1) is 11.3 Å². The van der Waals surface area contributed by atoms with Crippen molar-refractivity contribution in [3.63, 3.8) is 0 Å². The van der Waals surface area contributed by atoms with E-state index in [9.17, 15) is 9.59 Å². The molecule has 1 aromatic heterocycles. The van der Waals surface area contributed by atoms with Crippen LogP contribution in [-0.4, -0.2) is 52.4 Å². The molecule has 27 heavy (non-hydrogen) atoms. The second-order valence-corrected chi connectivity index (χ2v) is 7.52. The summed E-state index contributed by atoms with van der Waals surface area (Å²) < 4.78 is 0. The lowest BCUT2D eigenvalue weighted by atomic mass is 10.1. The zero-order valence-electron chi connectivity index (χ0n) is 15.4. The molecule has 0 unspecified atom stereocenters. The smallest absolute Gasteiger partial charge is 0.318 e. The number of nitrogen functional groups attached to an aromatic ring is 1. The number of piperazine rings is 1. The van der Waals surface area contributed by atoms with Crippen LogP contribution in [0.3, 0.4) is 0 Å². The van der Waals surface area contributed by atoms with Gasteiger partial charge in [-0.05, 0) is 25.3 Å². The highest BCUT2D eigenvalue weighted by Gasteiger charge is 2.34. The molecule has 0 radical (unpaired) electrons. The molecule has 1 atom stereocenters. The largest absolute Gasteiger partial charge is 0.375 e. The lowest BCUT2D eigenvalue weighted by Crippen LogP contribution is -2.59. The third kappa shape index (κ3) is 4.97. The van der Waals surface area contributed by atoms with Gasteiger partial charge < -0.3 is 20.9 Å². The molecule has 8 heteroatoms. The SMILES string of the molecule is C[C@@H]1C(=O)N(Cc2ccccc2)CCN1C(=O)NCCCc1csc(N)n1. The van der Waals surface area contributed by atoms with Crippen molar-refractivity contribution in [1.82, 2.24) is 20.1 Å². The first-order chi connectivity index (χ1) is 13.0. The zero-order chi connectivity index (χ0) is 19.2. The molecule has 1 saturated heterocycles. The predicted molar refractivity (Wildman–Crippen MR) is 106 cm³/mol.